The minimum absolute atomic E-state index is 0.0482. The second-order valence-corrected chi connectivity index (χ2v) is 15.6. The summed E-state index contributed by atoms with van der Waals surface area (Å²) in [5, 5.41) is -0.328. The highest BCUT2D eigenvalue weighted by Gasteiger charge is 2.61. The number of ether oxygens (including phenoxy) is 2. The van der Waals surface area contributed by atoms with Crippen molar-refractivity contribution < 1.29 is 39.9 Å². The molecule has 3 heterocycles. The van der Waals surface area contributed by atoms with Crippen molar-refractivity contribution in [3.05, 3.63) is 58.6 Å². The molecule has 0 radical (unpaired) electrons. The second kappa shape index (κ2) is 10.8. The van der Waals surface area contributed by atoms with Gasteiger partial charge in [0.25, 0.3) is 0 Å². The van der Waals surface area contributed by atoms with Crippen LogP contribution in [0.1, 0.15) is 38.2 Å². The Morgan fingerprint density at radius 2 is 1.70 bits per heavy atom. The number of carbonyl (C=O) groups excluding carboxylic acids is 1. The Labute approximate surface area is 237 Å². The minimum atomic E-state index is -4.39. The molecular weight excluding hydrogens is 588 g/mol. The number of rotatable bonds is 6. The van der Waals surface area contributed by atoms with Crippen LogP contribution in [0.4, 0.5) is 8.78 Å². The summed E-state index contributed by atoms with van der Waals surface area (Å²) in [6.45, 7) is 1.72. The quantitative estimate of drug-likeness (QED) is 0.484. The molecule has 0 N–H and O–H groups in total. The van der Waals surface area contributed by atoms with Gasteiger partial charge < -0.3 is 14.4 Å². The number of hydrogen-bond donors (Lipinski definition) is 0. The lowest BCUT2D eigenvalue weighted by atomic mass is 9.75. The third kappa shape index (κ3) is 4.90. The van der Waals surface area contributed by atoms with Gasteiger partial charge in [0.2, 0.25) is 5.91 Å². The summed E-state index contributed by atoms with van der Waals surface area (Å²) in [7, 11) is -8.00. The van der Waals surface area contributed by atoms with Gasteiger partial charge in [-0.2, -0.15) is 0 Å². The fourth-order valence-corrected chi connectivity index (χ4v) is 10.6. The highest BCUT2D eigenvalue weighted by molar-refractivity contribution is 7.92. The van der Waals surface area contributed by atoms with Crippen molar-refractivity contribution in [1.29, 1.82) is 0 Å². The van der Waals surface area contributed by atoms with E-state index in [4.69, 9.17) is 21.1 Å². The minimum Gasteiger partial charge on any atom is -0.490 e. The zero-order valence-electron chi connectivity index (χ0n) is 21.8. The van der Waals surface area contributed by atoms with E-state index in [2.05, 4.69) is 0 Å². The van der Waals surface area contributed by atoms with Gasteiger partial charge in [-0.3, -0.25) is 4.79 Å². The molecule has 0 spiro atoms. The van der Waals surface area contributed by atoms with Crippen LogP contribution in [0.2, 0.25) is 5.02 Å². The highest BCUT2D eigenvalue weighted by atomic mass is 35.5. The van der Waals surface area contributed by atoms with Crippen LogP contribution in [-0.2, 0) is 34.0 Å². The van der Waals surface area contributed by atoms with Gasteiger partial charge in [0.15, 0.2) is 31.2 Å². The summed E-state index contributed by atoms with van der Waals surface area (Å²) in [4.78, 5) is 13.1. The van der Waals surface area contributed by atoms with Crippen molar-refractivity contribution in [2.75, 3.05) is 32.1 Å². The molecular formula is C27H30ClF2NO7S2. The SMILES string of the molecule is CC(=O)N1CCC(S(=O)(=O)CC[C@@H]2OCC[C@@]3(S(=O)(=O)c4ccc(Cl)cc4)c4c(F)ccc(F)c4OC[C@@H]23)CC1. The van der Waals surface area contributed by atoms with Crippen molar-refractivity contribution >= 4 is 37.2 Å². The number of nitrogens with zero attached hydrogens (tertiary/aromatic N) is 1. The number of amides is 1. The average molecular weight is 618 g/mol. The fourth-order valence-electron chi connectivity index (χ4n) is 6.31. The predicted molar refractivity (Wildman–Crippen MR) is 144 cm³/mol. The molecule has 0 aliphatic carbocycles. The van der Waals surface area contributed by atoms with Crippen LogP contribution in [0.3, 0.4) is 0 Å². The first-order valence-corrected chi connectivity index (χ1v) is 16.7. The van der Waals surface area contributed by atoms with E-state index in [1.54, 1.807) is 4.90 Å². The second-order valence-electron chi connectivity index (χ2n) is 10.5. The first-order chi connectivity index (χ1) is 18.9. The molecule has 218 valence electrons. The van der Waals surface area contributed by atoms with E-state index in [1.807, 2.05) is 0 Å². The highest BCUT2D eigenvalue weighted by Crippen LogP contribution is 2.56. The number of hydrogen-bond acceptors (Lipinski definition) is 7. The number of halogens is 3. The van der Waals surface area contributed by atoms with E-state index in [0.717, 1.165) is 12.1 Å². The van der Waals surface area contributed by atoms with Crippen LogP contribution < -0.4 is 4.74 Å². The van der Waals surface area contributed by atoms with Crippen LogP contribution in [0.5, 0.6) is 5.75 Å². The summed E-state index contributed by atoms with van der Waals surface area (Å²) in [6.07, 6.45) is -0.516. The van der Waals surface area contributed by atoms with Crippen molar-refractivity contribution in [1.82, 2.24) is 4.90 Å². The molecule has 40 heavy (non-hydrogen) atoms. The fraction of sp³-hybridized carbons (Fsp3) is 0.519. The largest absolute Gasteiger partial charge is 0.490 e. The van der Waals surface area contributed by atoms with Gasteiger partial charge in [-0.15, -0.1) is 0 Å². The monoisotopic (exact) mass is 617 g/mol. The molecule has 3 atom stereocenters. The molecule has 2 aromatic rings. The summed E-state index contributed by atoms with van der Waals surface area (Å²) in [6, 6.07) is 7.21. The van der Waals surface area contributed by atoms with Gasteiger partial charge >= 0.3 is 0 Å². The molecule has 3 aliphatic heterocycles. The number of sulfone groups is 2. The lowest BCUT2D eigenvalue weighted by Gasteiger charge is -2.50. The van der Waals surface area contributed by atoms with Crippen molar-refractivity contribution in [2.24, 2.45) is 5.92 Å². The molecule has 1 amide bonds. The first kappa shape index (κ1) is 29.2. The molecule has 0 saturated carbocycles. The van der Waals surface area contributed by atoms with Crippen LogP contribution >= 0.6 is 11.6 Å². The standard InChI is InChI=1S/C27H30ClF2NO7S2/c1-17(32)31-12-8-19(9-13-31)39(33,34)15-10-24-21-16-38-26-23(30)7-6-22(29)25(26)27(21,11-14-37-24)40(35,36)20-4-2-18(28)3-5-20/h2-7,19,21,24H,8-16H2,1H3/t21-,24-,27-/m0/s1. The zero-order chi connectivity index (χ0) is 28.9. The Morgan fingerprint density at radius 1 is 1.05 bits per heavy atom. The third-order valence-electron chi connectivity index (χ3n) is 8.43. The topological polar surface area (TPSA) is 107 Å². The number of benzene rings is 2. The van der Waals surface area contributed by atoms with E-state index >= 15 is 4.39 Å². The van der Waals surface area contributed by atoms with E-state index in [9.17, 15) is 26.0 Å². The third-order valence-corrected chi connectivity index (χ3v) is 13.5. The van der Waals surface area contributed by atoms with E-state index in [1.165, 1.54) is 31.2 Å². The van der Waals surface area contributed by atoms with Gasteiger partial charge in [0, 0.05) is 37.6 Å². The van der Waals surface area contributed by atoms with Gasteiger partial charge in [0.1, 0.15) is 10.6 Å². The molecule has 2 aromatic carbocycles. The Hall–Kier alpha value is -2.28. The first-order valence-electron chi connectivity index (χ1n) is 13.1. The molecule has 0 unspecified atom stereocenters. The molecule has 0 bridgehead atoms. The summed E-state index contributed by atoms with van der Waals surface area (Å²) in [5.74, 6) is -3.67. The van der Waals surface area contributed by atoms with Crippen LogP contribution in [-0.4, -0.2) is 71.1 Å². The Morgan fingerprint density at radius 3 is 2.35 bits per heavy atom. The molecule has 5 rings (SSSR count). The molecule has 2 saturated heterocycles. The lowest BCUT2D eigenvalue weighted by Crippen LogP contribution is -2.57. The Balaban J connectivity index is 1.50. The smallest absolute Gasteiger partial charge is 0.219 e. The summed E-state index contributed by atoms with van der Waals surface area (Å²) in [5.41, 5.74) is -0.397. The molecule has 3 aliphatic rings. The van der Waals surface area contributed by atoms with Crippen LogP contribution in [0, 0.1) is 17.6 Å². The Kier molecular flexibility index (Phi) is 7.92. The number of fused-ring (bicyclic) bond motifs is 3. The molecule has 2 fully saturated rings. The van der Waals surface area contributed by atoms with Crippen molar-refractivity contribution in [2.45, 2.75) is 53.6 Å². The average Bonchev–Trinajstić information content (AvgIpc) is 2.93. The number of piperidine rings is 1. The van der Waals surface area contributed by atoms with Crippen molar-refractivity contribution in [3.63, 3.8) is 0 Å². The van der Waals surface area contributed by atoms with Crippen molar-refractivity contribution in [3.8, 4) is 5.75 Å². The molecule has 13 heteroatoms. The summed E-state index contributed by atoms with van der Waals surface area (Å²) >= 11 is 5.98. The van der Waals surface area contributed by atoms with Crippen LogP contribution in [0.25, 0.3) is 0 Å². The van der Waals surface area contributed by atoms with E-state index in [-0.39, 0.29) is 42.6 Å². The van der Waals surface area contributed by atoms with Gasteiger partial charge in [-0.1, -0.05) is 11.6 Å². The maximum atomic E-state index is 15.5. The molecule has 8 nitrogen and oxygen atoms in total. The maximum absolute atomic E-state index is 15.5. The van der Waals surface area contributed by atoms with Gasteiger partial charge in [-0.25, -0.2) is 25.6 Å². The normalized spacial score (nSPS) is 25.6. The van der Waals surface area contributed by atoms with E-state index < -0.39 is 64.6 Å². The molecule has 0 aromatic heterocycles. The van der Waals surface area contributed by atoms with E-state index in [0.29, 0.717) is 31.0 Å². The van der Waals surface area contributed by atoms with Crippen LogP contribution in [0.15, 0.2) is 41.3 Å². The Bertz CT molecular complexity index is 1510. The maximum Gasteiger partial charge on any atom is 0.219 e. The van der Waals surface area contributed by atoms with Gasteiger partial charge in [0.05, 0.1) is 34.2 Å². The summed E-state index contributed by atoms with van der Waals surface area (Å²) < 4.78 is 95.2. The van der Waals surface area contributed by atoms with Gasteiger partial charge in [-0.05, 0) is 62.1 Å². The predicted octanol–water partition coefficient (Wildman–Crippen LogP) is 3.90. The lowest BCUT2D eigenvalue weighted by molar-refractivity contribution is -0.129. The number of likely N-dealkylation sites (tertiary alicyclic amines) is 1. The zero-order valence-corrected chi connectivity index (χ0v) is 24.2. The number of carbonyl (C=O) groups is 1.